The van der Waals surface area contributed by atoms with Gasteiger partial charge in [0.2, 0.25) is 0 Å². The van der Waals surface area contributed by atoms with Crippen LogP contribution >= 0.6 is 0 Å². The van der Waals surface area contributed by atoms with Crippen LogP contribution in [0.5, 0.6) is 0 Å². The van der Waals surface area contributed by atoms with Crippen LogP contribution in [0.3, 0.4) is 0 Å². The SMILES string of the molecule is CN1C=CC(C2C3CCC(N3)C(C3=CCN(C)C=C3)C3CCC(N3)C(C3=CCN(C)C=C3)C3CCC(N3)C(C3=CCN(C)C=C3)C3CCC2N3)=CC1. The number of allylic oxidation sites excluding steroid dienone is 4. The highest BCUT2D eigenvalue weighted by Crippen LogP contribution is 2.44. The second kappa shape index (κ2) is 14.7. The van der Waals surface area contributed by atoms with Gasteiger partial charge in [0, 0.05) is 126 Å². The number of nitrogens with zero attached hydrogens (tertiary/aromatic N) is 4. The van der Waals surface area contributed by atoms with Gasteiger partial charge in [-0.2, -0.15) is 0 Å². The van der Waals surface area contributed by atoms with Gasteiger partial charge >= 0.3 is 0 Å². The number of rotatable bonds is 4. The van der Waals surface area contributed by atoms with Gasteiger partial charge in [0.05, 0.1) is 0 Å². The molecule has 8 unspecified atom stereocenters. The molecule has 5 saturated heterocycles. The fourth-order valence-electron chi connectivity index (χ4n) is 11.8. The van der Waals surface area contributed by atoms with E-state index in [1.165, 1.54) is 51.4 Å². The van der Waals surface area contributed by atoms with Crippen molar-refractivity contribution in [1.82, 2.24) is 40.9 Å². The van der Waals surface area contributed by atoms with Crippen molar-refractivity contribution in [1.29, 1.82) is 0 Å². The normalized spacial score (nSPS) is 41.8. The highest BCUT2D eigenvalue weighted by Gasteiger charge is 2.49. The molecule has 0 aromatic carbocycles. The highest BCUT2D eigenvalue weighted by atomic mass is 15.1. The van der Waals surface area contributed by atoms with Crippen LogP contribution in [0.15, 0.2) is 95.7 Å². The minimum absolute atomic E-state index is 0.472. The molecule has 0 amide bonds. The number of hydrogen-bond acceptors (Lipinski definition) is 8. The van der Waals surface area contributed by atoms with Crippen LogP contribution in [-0.4, -0.2) is 122 Å². The maximum atomic E-state index is 4.42. The molecular weight excluding hydrogens is 641 g/mol. The first-order chi connectivity index (χ1) is 25.4. The second-order valence-electron chi connectivity index (χ2n) is 17.8. The third-order valence-electron chi connectivity index (χ3n) is 14.4. The van der Waals surface area contributed by atoms with Crippen molar-refractivity contribution in [2.45, 2.75) is 99.7 Å². The summed E-state index contributed by atoms with van der Waals surface area (Å²) in [6.45, 7) is 4.00. The van der Waals surface area contributed by atoms with E-state index in [9.17, 15) is 0 Å². The minimum Gasteiger partial charge on any atom is -0.377 e. The topological polar surface area (TPSA) is 61.1 Å². The van der Waals surface area contributed by atoms with Crippen LogP contribution in [0.1, 0.15) is 51.4 Å². The van der Waals surface area contributed by atoms with E-state index in [0.717, 1.165) is 26.2 Å². The molecule has 280 valence electrons. The maximum absolute atomic E-state index is 4.42. The summed E-state index contributed by atoms with van der Waals surface area (Å²) >= 11 is 0. The van der Waals surface area contributed by atoms with Crippen molar-refractivity contribution in [3.8, 4) is 0 Å². The average molecular weight is 705 g/mol. The van der Waals surface area contributed by atoms with Crippen molar-refractivity contribution in [2.75, 3.05) is 54.4 Å². The minimum atomic E-state index is 0.472. The van der Waals surface area contributed by atoms with E-state index in [-0.39, 0.29) is 0 Å². The summed E-state index contributed by atoms with van der Waals surface area (Å²) in [5.41, 5.74) is 6.17. The summed E-state index contributed by atoms with van der Waals surface area (Å²) in [6.07, 6.45) is 39.1. The molecule has 8 heteroatoms. The molecule has 0 spiro atoms. The summed E-state index contributed by atoms with van der Waals surface area (Å²) < 4.78 is 0. The molecule has 8 nitrogen and oxygen atoms in total. The third kappa shape index (κ3) is 6.78. The van der Waals surface area contributed by atoms with Crippen molar-refractivity contribution in [2.24, 2.45) is 23.7 Å². The van der Waals surface area contributed by atoms with E-state index in [1.54, 1.807) is 22.3 Å². The van der Waals surface area contributed by atoms with Crippen molar-refractivity contribution >= 4 is 0 Å². The molecule has 52 heavy (non-hydrogen) atoms. The molecule has 5 fully saturated rings. The molecule has 8 atom stereocenters. The van der Waals surface area contributed by atoms with Gasteiger partial charge < -0.3 is 40.9 Å². The van der Waals surface area contributed by atoms with Gasteiger partial charge in [-0.1, -0.05) is 24.3 Å². The zero-order chi connectivity index (χ0) is 35.3. The molecule has 9 aliphatic heterocycles. The first kappa shape index (κ1) is 34.7. The molecule has 0 saturated carbocycles. The summed E-state index contributed by atoms with van der Waals surface area (Å²) in [5.74, 6) is 1.89. The lowest BCUT2D eigenvalue weighted by Gasteiger charge is -2.39. The Morgan fingerprint density at radius 1 is 0.346 bits per heavy atom. The van der Waals surface area contributed by atoms with Gasteiger partial charge in [-0.3, -0.25) is 0 Å². The fraction of sp³-hybridized carbons (Fsp3) is 0.636. The number of likely N-dealkylation sites (N-methyl/N-ethyl adjacent to an activating group) is 4. The fourth-order valence-corrected chi connectivity index (χ4v) is 11.8. The summed E-state index contributed by atoms with van der Waals surface area (Å²) in [7, 11) is 8.80. The molecule has 0 aromatic heterocycles. The van der Waals surface area contributed by atoms with Gasteiger partial charge in [0.15, 0.2) is 0 Å². The number of hydrogen-bond donors (Lipinski definition) is 4. The lowest BCUT2D eigenvalue weighted by Crippen LogP contribution is -2.54. The van der Waals surface area contributed by atoms with E-state index < -0.39 is 0 Å². The first-order valence-electron chi connectivity index (χ1n) is 20.8. The Kier molecular flexibility index (Phi) is 9.78. The first-order valence-corrected chi connectivity index (χ1v) is 20.8. The predicted molar refractivity (Wildman–Crippen MR) is 213 cm³/mol. The van der Waals surface area contributed by atoms with Gasteiger partial charge in [-0.05, 0) is 123 Å². The summed E-state index contributed by atoms with van der Waals surface area (Å²) in [4.78, 5) is 9.25. The maximum Gasteiger partial charge on any atom is 0.0356 e. The van der Waals surface area contributed by atoms with Crippen LogP contribution in [0.4, 0.5) is 0 Å². The van der Waals surface area contributed by atoms with E-state index in [1.807, 2.05) is 0 Å². The Labute approximate surface area is 313 Å². The summed E-state index contributed by atoms with van der Waals surface area (Å²) in [5, 5.41) is 17.7. The van der Waals surface area contributed by atoms with Crippen molar-refractivity contribution in [3.63, 3.8) is 0 Å². The lowest BCUT2D eigenvalue weighted by molar-refractivity contribution is 0.264. The zero-order valence-corrected chi connectivity index (χ0v) is 32.1. The van der Waals surface area contributed by atoms with Crippen LogP contribution in [0, 0.1) is 23.7 Å². The quantitative estimate of drug-likeness (QED) is 0.342. The average Bonchev–Trinajstić information content (AvgIpc) is 3.99. The molecule has 0 radical (unpaired) electrons. The van der Waals surface area contributed by atoms with Gasteiger partial charge in [0.1, 0.15) is 0 Å². The van der Waals surface area contributed by atoms with Crippen LogP contribution in [-0.2, 0) is 0 Å². The molecule has 9 heterocycles. The Morgan fingerprint density at radius 2 is 0.538 bits per heavy atom. The van der Waals surface area contributed by atoms with E-state index in [2.05, 4.69) is 142 Å². The molecule has 0 aliphatic carbocycles. The predicted octanol–water partition coefficient (Wildman–Crippen LogP) is 4.49. The highest BCUT2D eigenvalue weighted by molar-refractivity contribution is 5.35. The van der Waals surface area contributed by atoms with E-state index in [0.29, 0.717) is 72.0 Å². The summed E-state index contributed by atoms with van der Waals surface area (Å²) in [6, 6.07) is 3.79. The van der Waals surface area contributed by atoms with Crippen LogP contribution in [0.2, 0.25) is 0 Å². The van der Waals surface area contributed by atoms with Crippen molar-refractivity contribution in [3.05, 3.63) is 95.7 Å². The van der Waals surface area contributed by atoms with Crippen molar-refractivity contribution < 1.29 is 0 Å². The molecule has 0 aromatic rings. The van der Waals surface area contributed by atoms with E-state index >= 15 is 0 Å². The standard InChI is InChI=1S/C44H64N8/c1-49-21-13-29(14-22-49)41-33-5-7-35(45-33)42(30-15-23-50(2)24-16-30)37-9-11-39(47-37)44(32-19-27-52(4)28-20-32)40-12-10-38(48-40)43(36-8-6-34(41)46-36)31-17-25-51(3)26-18-31/h13-21,23,25,27,33-48H,5-12,22,24,26,28H2,1-4H3. The number of fused-ring (bicyclic) bond motifs is 8. The Bertz CT molecular complexity index is 1310. The Morgan fingerprint density at radius 3 is 0.692 bits per heavy atom. The molecule has 4 N–H and O–H groups in total. The van der Waals surface area contributed by atoms with E-state index in [4.69, 9.17) is 0 Å². The van der Waals surface area contributed by atoms with Gasteiger partial charge in [-0.15, -0.1) is 0 Å². The van der Waals surface area contributed by atoms with Gasteiger partial charge in [0.25, 0.3) is 0 Å². The Balaban J connectivity index is 1.10. The zero-order valence-electron chi connectivity index (χ0n) is 32.1. The smallest absolute Gasteiger partial charge is 0.0356 e. The Hall–Kier alpha value is -3.04. The molecular formula is C44H64N8. The van der Waals surface area contributed by atoms with Crippen LogP contribution < -0.4 is 21.3 Å². The van der Waals surface area contributed by atoms with Crippen LogP contribution in [0.25, 0.3) is 0 Å². The second-order valence-corrected chi connectivity index (χ2v) is 17.8. The number of nitrogens with one attached hydrogen (secondary N) is 4. The monoisotopic (exact) mass is 705 g/mol. The molecule has 9 aliphatic rings. The molecule has 8 bridgehead atoms. The largest absolute Gasteiger partial charge is 0.377 e. The lowest BCUT2D eigenvalue weighted by atomic mass is 9.81. The third-order valence-corrected chi connectivity index (χ3v) is 14.4. The van der Waals surface area contributed by atoms with Gasteiger partial charge in [-0.25, -0.2) is 0 Å². The molecule has 9 rings (SSSR count).